The molecule has 0 amide bonds. The van der Waals surface area contributed by atoms with Gasteiger partial charge < -0.3 is 10.6 Å². The Morgan fingerprint density at radius 2 is 2.14 bits per heavy atom. The number of unbranched alkanes of at least 4 members (excludes halogenated alkanes) is 1. The Morgan fingerprint density at radius 3 is 2.86 bits per heavy atom. The minimum absolute atomic E-state index is 0.968. The van der Waals surface area contributed by atoms with E-state index in [0.29, 0.717) is 0 Å². The van der Waals surface area contributed by atoms with Gasteiger partial charge in [-0.15, -0.1) is 0 Å². The molecule has 0 fully saturated rings. The summed E-state index contributed by atoms with van der Waals surface area (Å²) in [6, 6.07) is 8.50. The van der Waals surface area contributed by atoms with Crippen molar-refractivity contribution in [3.8, 4) is 0 Å². The van der Waals surface area contributed by atoms with E-state index in [4.69, 9.17) is 0 Å². The van der Waals surface area contributed by atoms with Crippen molar-refractivity contribution < 1.29 is 0 Å². The van der Waals surface area contributed by atoms with Crippen molar-refractivity contribution in [2.45, 2.75) is 26.3 Å². The van der Waals surface area contributed by atoms with Crippen LogP contribution in [0.5, 0.6) is 0 Å². The van der Waals surface area contributed by atoms with E-state index in [1.807, 2.05) is 7.05 Å². The van der Waals surface area contributed by atoms with Crippen molar-refractivity contribution in [1.82, 2.24) is 5.32 Å². The average molecular weight is 192 g/mol. The zero-order valence-electron chi connectivity index (χ0n) is 9.14. The molecule has 0 aliphatic heterocycles. The van der Waals surface area contributed by atoms with Crippen molar-refractivity contribution in [1.29, 1.82) is 0 Å². The molecule has 1 aromatic carbocycles. The number of anilines is 1. The van der Waals surface area contributed by atoms with Gasteiger partial charge in [0.1, 0.15) is 0 Å². The first kappa shape index (κ1) is 11.1. The Morgan fingerprint density at radius 1 is 1.29 bits per heavy atom. The molecule has 1 aromatic rings. The molecular formula is C12H20N2. The number of hydrogen-bond acceptors (Lipinski definition) is 2. The predicted octanol–water partition coefficient (Wildman–Crippen LogP) is 2.62. The third-order valence-electron chi connectivity index (χ3n) is 2.25. The van der Waals surface area contributed by atoms with E-state index in [0.717, 1.165) is 13.1 Å². The average Bonchev–Trinajstić information content (AvgIpc) is 2.25. The molecule has 2 heteroatoms. The molecular weight excluding hydrogens is 172 g/mol. The molecule has 0 atom stereocenters. The summed E-state index contributed by atoms with van der Waals surface area (Å²) in [7, 11) is 1.95. The predicted molar refractivity (Wildman–Crippen MR) is 62.6 cm³/mol. The molecule has 0 aromatic heterocycles. The summed E-state index contributed by atoms with van der Waals surface area (Å²) in [5.74, 6) is 0. The van der Waals surface area contributed by atoms with Crippen LogP contribution in [0, 0.1) is 0 Å². The summed E-state index contributed by atoms with van der Waals surface area (Å²) in [6.07, 6.45) is 2.51. The fraction of sp³-hybridized carbons (Fsp3) is 0.500. The Balaban J connectivity index is 2.34. The molecule has 2 N–H and O–H groups in total. The summed E-state index contributed by atoms with van der Waals surface area (Å²) >= 11 is 0. The van der Waals surface area contributed by atoms with Gasteiger partial charge in [0.2, 0.25) is 0 Å². The first-order valence-electron chi connectivity index (χ1n) is 5.34. The maximum absolute atomic E-state index is 3.43. The second-order valence-electron chi connectivity index (χ2n) is 3.48. The number of hydrogen-bond donors (Lipinski definition) is 2. The highest BCUT2D eigenvalue weighted by molar-refractivity contribution is 5.44. The van der Waals surface area contributed by atoms with Crippen LogP contribution in [0.2, 0.25) is 0 Å². The van der Waals surface area contributed by atoms with Crippen LogP contribution >= 0.6 is 0 Å². The number of nitrogens with one attached hydrogen (secondary N) is 2. The van der Waals surface area contributed by atoms with Gasteiger partial charge in [-0.1, -0.05) is 25.5 Å². The third-order valence-corrected chi connectivity index (χ3v) is 2.25. The van der Waals surface area contributed by atoms with E-state index in [9.17, 15) is 0 Å². The molecule has 0 radical (unpaired) electrons. The van der Waals surface area contributed by atoms with Crippen LogP contribution in [-0.4, -0.2) is 13.6 Å². The van der Waals surface area contributed by atoms with Gasteiger partial charge in [-0.25, -0.2) is 0 Å². The molecule has 0 bridgehead atoms. The first-order valence-corrected chi connectivity index (χ1v) is 5.34. The highest BCUT2D eigenvalue weighted by Gasteiger charge is 1.93. The van der Waals surface area contributed by atoms with Gasteiger partial charge >= 0.3 is 0 Å². The number of rotatable bonds is 6. The zero-order chi connectivity index (χ0) is 10.2. The Kier molecular flexibility index (Phi) is 5.08. The normalized spacial score (nSPS) is 10.1. The van der Waals surface area contributed by atoms with Crippen LogP contribution < -0.4 is 10.6 Å². The van der Waals surface area contributed by atoms with Crippen LogP contribution in [0.1, 0.15) is 25.3 Å². The molecule has 0 aliphatic carbocycles. The summed E-state index contributed by atoms with van der Waals surface area (Å²) in [4.78, 5) is 0. The second-order valence-corrected chi connectivity index (χ2v) is 3.48. The Hall–Kier alpha value is -1.02. The van der Waals surface area contributed by atoms with Gasteiger partial charge in [-0.05, 0) is 30.7 Å². The van der Waals surface area contributed by atoms with Gasteiger partial charge in [-0.3, -0.25) is 0 Å². The standard InChI is InChI=1S/C12H20N2/c1-3-4-8-14-10-11-6-5-7-12(9-11)13-2/h5-7,9,13-14H,3-4,8,10H2,1-2H3. The lowest BCUT2D eigenvalue weighted by atomic mass is 10.2. The highest BCUT2D eigenvalue weighted by Crippen LogP contribution is 2.09. The van der Waals surface area contributed by atoms with Crippen LogP contribution in [0.3, 0.4) is 0 Å². The van der Waals surface area contributed by atoms with E-state index in [1.165, 1.54) is 24.1 Å². The van der Waals surface area contributed by atoms with Crippen molar-refractivity contribution >= 4 is 5.69 Å². The molecule has 2 nitrogen and oxygen atoms in total. The fourth-order valence-electron chi connectivity index (χ4n) is 1.37. The summed E-state index contributed by atoms with van der Waals surface area (Å²) in [5, 5.41) is 6.57. The lowest BCUT2D eigenvalue weighted by Gasteiger charge is -2.06. The van der Waals surface area contributed by atoms with Gasteiger partial charge in [0.05, 0.1) is 0 Å². The number of benzene rings is 1. The lowest BCUT2D eigenvalue weighted by Crippen LogP contribution is -2.14. The molecule has 1 rings (SSSR count). The molecule has 0 aliphatic rings. The summed E-state index contributed by atoms with van der Waals surface area (Å²) in [6.45, 7) is 4.29. The molecule has 14 heavy (non-hydrogen) atoms. The molecule has 0 saturated heterocycles. The summed E-state index contributed by atoms with van der Waals surface area (Å²) in [5.41, 5.74) is 2.52. The molecule has 0 saturated carbocycles. The van der Waals surface area contributed by atoms with Crippen LogP contribution in [0.15, 0.2) is 24.3 Å². The molecule has 0 unspecified atom stereocenters. The van der Waals surface area contributed by atoms with E-state index in [2.05, 4.69) is 41.8 Å². The molecule has 78 valence electrons. The maximum atomic E-state index is 3.43. The van der Waals surface area contributed by atoms with Crippen LogP contribution in [-0.2, 0) is 6.54 Å². The minimum Gasteiger partial charge on any atom is -0.388 e. The SMILES string of the molecule is CCCCNCc1cccc(NC)c1. The lowest BCUT2D eigenvalue weighted by molar-refractivity contribution is 0.641. The van der Waals surface area contributed by atoms with E-state index in [1.54, 1.807) is 0 Å². The van der Waals surface area contributed by atoms with Crippen LogP contribution in [0.4, 0.5) is 5.69 Å². The zero-order valence-corrected chi connectivity index (χ0v) is 9.14. The van der Waals surface area contributed by atoms with Gasteiger partial charge in [0.25, 0.3) is 0 Å². The smallest absolute Gasteiger partial charge is 0.0340 e. The van der Waals surface area contributed by atoms with Gasteiger partial charge in [-0.2, -0.15) is 0 Å². The van der Waals surface area contributed by atoms with Crippen molar-refractivity contribution in [3.63, 3.8) is 0 Å². The molecule has 0 spiro atoms. The minimum atomic E-state index is 0.968. The van der Waals surface area contributed by atoms with E-state index >= 15 is 0 Å². The van der Waals surface area contributed by atoms with E-state index in [-0.39, 0.29) is 0 Å². The van der Waals surface area contributed by atoms with Crippen LogP contribution in [0.25, 0.3) is 0 Å². The maximum Gasteiger partial charge on any atom is 0.0340 e. The summed E-state index contributed by atoms with van der Waals surface area (Å²) < 4.78 is 0. The topological polar surface area (TPSA) is 24.1 Å². The third kappa shape index (κ3) is 3.79. The van der Waals surface area contributed by atoms with E-state index < -0.39 is 0 Å². The van der Waals surface area contributed by atoms with Gasteiger partial charge in [0, 0.05) is 19.3 Å². The highest BCUT2D eigenvalue weighted by atomic mass is 14.8. The largest absolute Gasteiger partial charge is 0.388 e. The van der Waals surface area contributed by atoms with Gasteiger partial charge in [0.15, 0.2) is 0 Å². The monoisotopic (exact) mass is 192 g/mol. The van der Waals surface area contributed by atoms with Crippen molar-refractivity contribution in [2.24, 2.45) is 0 Å². The first-order chi connectivity index (χ1) is 6.86. The fourth-order valence-corrected chi connectivity index (χ4v) is 1.37. The van der Waals surface area contributed by atoms with Crippen molar-refractivity contribution in [3.05, 3.63) is 29.8 Å². The molecule has 0 heterocycles. The Labute approximate surface area is 86.7 Å². The van der Waals surface area contributed by atoms with Crippen molar-refractivity contribution in [2.75, 3.05) is 18.9 Å². The Bertz CT molecular complexity index is 258. The quantitative estimate of drug-likeness (QED) is 0.677. The second kappa shape index (κ2) is 6.44.